The van der Waals surface area contributed by atoms with Crippen molar-refractivity contribution in [1.82, 2.24) is 29.7 Å². The topological polar surface area (TPSA) is 81.4 Å². The molecule has 0 aliphatic heterocycles. The fraction of sp³-hybridized carbons (Fsp3) is 0.375. The number of nitrogens with zero attached hydrogens (tertiary/aromatic N) is 6. The summed E-state index contributed by atoms with van der Waals surface area (Å²) < 4.78 is 1.90. The molecule has 9 heteroatoms. The Balaban J connectivity index is 2.07. The van der Waals surface area contributed by atoms with Gasteiger partial charge in [0.1, 0.15) is 6.33 Å². The summed E-state index contributed by atoms with van der Waals surface area (Å²) in [6.07, 6.45) is 1.66. The van der Waals surface area contributed by atoms with Crippen LogP contribution in [0.1, 0.15) is 12.7 Å². The SMILES string of the molecule is CCn1cnnc1CNc1nc(Cl)nc(Cl)n1. The van der Waals surface area contributed by atoms with Gasteiger partial charge in [-0.25, -0.2) is 0 Å². The van der Waals surface area contributed by atoms with E-state index >= 15 is 0 Å². The molecular weight excluding hydrogens is 265 g/mol. The number of nitrogens with one attached hydrogen (secondary N) is 1. The van der Waals surface area contributed by atoms with Crippen LogP contribution in [-0.2, 0) is 13.1 Å². The highest BCUT2D eigenvalue weighted by Gasteiger charge is 2.05. The number of halogens is 2. The quantitative estimate of drug-likeness (QED) is 0.907. The molecule has 0 spiro atoms. The average Bonchev–Trinajstić information content (AvgIpc) is 2.72. The molecule has 0 amide bonds. The van der Waals surface area contributed by atoms with Gasteiger partial charge in [0.05, 0.1) is 6.54 Å². The van der Waals surface area contributed by atoms with Crippen molar-refractivity contribution in [2.75, 3.05) is 5.32 Å². The predicted molar refractivity (Wildman–Crippen MR) is 62.9 cm³/mol. The predicted octanol–water partition coefficient (Wildman–Crippen LogP) is 1.40. The van der Waals surface area contributed by atoms with Gasteiger partial charge in [0.25, 0.3) is 0 Å². The fourth-order valence-electron chi connectivity index (χ4n) is 1.24. The van der Waals surface area contributed by atoms with Gasteiger partial charge in [-0.1, -0.05) is 0 Å². The van der Waals surface area contributed by atoms with Gasteiger partial charge in [-0.3, -0.25) is 0 Å². The maximum absolute atomic E-state index is 5.65. The normalized spacial score (nSPS) is 10.5. The third-order valence-electron chi connectivity index (χ3n) is 2.02. The van der Waals surface area contributed by atoms with Crippen LogP contribution in [0.4, 0.5) is 5.95 Å². The number of aryl methyl sites for hydroxylation is 1. The van der Waals surface area contributed by atoms with Gasteiger partial charge >= 0.3 is 0 Å². The molecule has 2 aromatic rings. The van der Waals surface area contributed by atoms with Crippen LogP contribution in [0, 0.1) is 0 Å². The molecule has 0 aliphatic rings. The Hall–Kier alpha value is -1.47. The van der Waals surface area contributed by atoms with Crippen LogP contribution in [0.25, 0.3) is 0 Å². The summed E-state index contributed by atoms with van der Waals surface area (Å²) >= 11 is 11.3. The van der Waals surface area contributed by atoms with Crippen molar-refractivity contribution < 1.29 is 0 Å². The number of aromatic nitrogens is 6. The molecule has 1 N–H and O–H groups in total. The van der Waals surface area contributed by atoms with Crippen molar-refractivity contribution in [2.24, 2.45) is 0 Å². The van der Waals surface area contributed by atoms with E-state index in [1.165, 1.54) is 0 Å². The zero-order valence-corrected chi connectivity index (χ0v) is 10.4. The molecule has 0 atom stereocenters. The minimum absolute atomic E-state index is 0.0458. The Kier molecular flexibility index (Phi) is 3.70. The molecule has 0 bridgehead atoms. The van der Waals surface area contributed by atoms with Crippen LogP contribution in [0.3, 0.4) is 0 Å². The van der Waals surface area contributed by atoms with E-state index in [4.69, 9.17) is 23.2 Å². The molecule has 90 valence electrons. The van der Waals surface area contributed by atoms with Gasteiger partial charge in [-0.05, 0) is 30.1 Å². The first-order valence-electron chi connectivity index (χ1n) is 4.86. The van der Waals surface area contributed by atoms with Gasteiger partial charge < -0.3 is 9.88 Å². The second-order valence-electron chi connectivity index (χ2n) is 3.08. The molecule has 0 aromatic carbocycles. The van der Waals surface area contributed by atoms with Gasteiger partial charge in [0, 0.05) is 6.54 Å². The largest absolute Gasteiger partial charge is 0.347 e. The summed E-state index contributed by atoms with van der Waals surface area (Å²) in [6.45, 7) is 3.23. The highest BCUT2D eigenvalue weighted by Crippen LogP contribution is 2.10. The first kappa shape index (κ1) is 12.0. The molecule has 0 fully saturated rings. The second kappa shape index (κ2) is 5.24. The van der Waals surface area contributed by atoms with Gasteiger partial charge in [0.15, 0.2) is 5.82 Å². The summed E-state index contributed by atoms with van der Waals surface area (Å²) in [5, 5.41) is 10.8. The van der Waals surface area contributed by atoms with E-state index < -0.39 is 0 Å². The van der Waals surface area contributed by atoms with Crippen molar-refractivity contribution in [3.63, 3.8) is 0 Å². The third-order valence-corrected chi connectivity index (χ3v) is 2.36. The molecule has 0 unspecified atom stereocenters. The molecule has 0 aliphatic carbocycles. The van der Waals surface area contributed by atoms with E-state index in [-0.39, 0.29) is 10.6 Å². The van der Waals surface area contributed by atoms with E-state index in [2.05, 4.69) is 30.5 Å². The van der Waals surface area contributed by atoms with Crippen LogP contribution in [0.15, 0.2) is 6.33 Å². The smallest absolute Gasteiger partial charge is 0.228 e. The number of hydrogen-bond donors (Lipinski definition) is 1. The van der Waals surface area contributed by atoms with Crippen LogP contribution >= 0.6 is 23.2 Å². The van der Waals surface area contributed by atoms with E-state index in [0.717, 1.165) is 12.4 Å². The lowest BCUT2D eigenvalue weighted by Crippen LogP contribution is -2.10. The monoisotopic (exact) mass is 273 g/mol. The maximum atomic E-state index is 5.65. The second-order valence-corrected chi connectivity index (χ2v) is 3.76. The van der Waals surface area contributed by atoms with E-state index in [1.807, 2.05) is 11.5 Å². The molecular formula is C8H9Cl2N7. The maximum Gasteiger partial charge on any atom is 0.228 e. The molecule has 0 radical (unpaired) electrons. The number of anilines is 1. The summed E-state index contributed by atoms with van der Waals surface area (Å²) in [7, 11) is 0. The summed E-state index contributed by atoms with van der Waals surface area (Å²) in [4.78, 5) is 11.4. The molecule has 2 rings (SSSR count). The highest BCUT2D eigenvalue weighted by atomic mass is 35.5. The standard InChI is InChI=1S/C8H9Cl2N7/c1-2-17-4-12-16-5(17)3-11-8-14-6(9)13-7(10)15-8/h4H,2-3H2,1H3,(H,11,13,14,15). The first-order valence-corrected chi connectivity index (χ1v) is 5.62. The Morgan fingerprint density at radius 2 is 1.94 bits per heavy atom. The molecule has 0 saturated carbocycles. The van der Waals surface area contributed by atoms with Crippen LogP contribution < -0.4 is 5.32 Å². The van der Waals surface area contributed by atoms with Gasteiger partial charge in [-0.2, -0.15) is 15.0 Å². The summed E-state index contributed by atoms with van der Waals surface area (Å²) in [6, 6.07) is 0. The van der Waals surface area contributed by atoms with Crippen molar-refractivity contribution in [2.45, 2.75) is 20.0 Å². The molecule has 2 aromatic heterocycles. The van der Waals surface area contributed by atoms with Crippen molar-refractivity contribution in [3.05, 3.63) is 22.7 Å². The lowest BCUT2D eigenvalue weighted by Gasteiger charge is -2.05. The Morgan fingerprint density at radius 3 is 2.59 bits per heavy atom. The van der Waals surface area contributed by atoms with Gasteiger partial charge in [-0.15, -0.1) is 10.2 Å². The molecule has 17 heavy (non-hydrogen) atoms. The third kappa shape index (κ3) is 3.01. The minimum atomic E-state index is 0.0458. The van der Waals surface area contributed by atoms with Crippen LogP contribution in [0.2, 0.25) is 10.6 Å². The highest BCUT2D eigenvalue weighted by molar-refractivity contribution is 6.31. The first-order chi connectivity index (χ1) is 8.19. The Morgan fingerprint density at radius 1 is 1.24 bits per heavy atom. The van der Waals surface area contributed by atoms with Gasteiger partial charge in [0.2, 0.25) is 16.5 Å². The number of rotatable bonds is 4. The lowest BCUT2D eigenvalue weighted by atomic mass is 10.5. The molecule has 0 saturated heterocycles. The Bertz CT molecular complexity index is 492. The van der Waals surface area contributed by atoms with Crippen LogP contribution in [0.5, 0.6) is 0 Å². The van der Waals surface area contributed by atoms with Crippen LogP contribution in [-0.4, -0.2) is 29.7 Å². The lowest BCUT2D eigenvalue weighted by molar-refractivity contribution is 0.706. The van der Waals surface area contributed by atoms with Crippen molar-refractivity contribution in [3.8, 4) is 0 Å². The fourth-order valence-corrected chi connectivity index (χ4v) is 1.61. The van der Waals surface area contributed by atoms with Crippen molar-refractivity contribution >= 4 is 29.2 Å². The molecule has 2 heterocycles. The van der Waals surface area contributed by atoms with E-state index in [1.54, 1.807) is 6.33 Å². The average molecular weight is 274 g/mol. The minimum Gasteiger partial charge on any atom is -0.347 e. The van der Waals surface area contributed by atoms with Crippen molar-refractivity contribution in [1.29, 1.82) is 0 Å². The Labute approximate surface area is 107 Å². The van der Waals surface area contributed by atoms with E-state index in [0.29, 0.717) is 12.5 Å². The summed E-state index contributed by atoms with van der Waals surface area (Å²) in [5.74, 6) is 1.08. The zero-order chi connectivity index (χ0) is 12.3. The van der Waals surface area contributed by atoms with E-state index in [9.17, 15) is 0 Å². The summed E-state index contributed by atoms with van der Waals surface area (Å²) in [5.41, 5.74) is 0. The number of hydrogen-bond acceptors (Lipinski definition) is 6. The molecule has 7 nitrogen and oxygen atoms in total. The zero-order valence-electron chi connectivity index (χ0n) is 8.93.